The standard InChI is InChI=1S/C29H35N3O5/c1-5-23-8-6-7-9-25(23)30-29(34)32(15-20(2)3)18-28(33)31(17-24-12-10-21(4)37-24)16-22-11-13-26-27(14-22)36-19-35-26/h6-14,20H,5,15-19H2,1-4H3,(H,30,34). The van der Waals surface area contributed by atoms with E-state index in [2.05, 4.69) is 5.32 Å². The van der Waals surface area contributed by atoms with Crippen molar-refractivity contribution < 1.29 is 23.5 Å². The minimum absolute atomic E-state index is 0.0530. The number of urea groups is 1. The molecule has 0 radical (unpaired) electrons. The Morgan fingerprint density at radius 3 is 2.49 bits per heavy atom. The summed E-state index contributed by atoms with van der Waals surface area (Å²) >= 11 is 0. The number of nitrogens with zero attached hydrogens (tertiary/aromatic N) is 2. The van der Waals surface area contributed by atoms with Gasteiger partial charge in [0, 0.05) is 18.8 Å². The van der Waals surface area contributed by atoms with Crippen molar-refractivity contribution in [3.8, 4) is 11.5 Å². The van der Waals surface area contributed by atoms with E-state index < -0.39 is 0 Å². The minimum atomic E-state index is -0.292. The van der Waals surface area contributed by atoms with Crippen LogP contribution in [0.5, 0.6) is 11.5 Å². The molecule has 2 heterocycles. The smallest absolute Gasteiger partial charge is 0.322 e. The number of rotatable bonds is 10. The van der Waals surface area contributed by atoms with Gasteiger partial charge >= 0.3 is 6.03 Å². The molecule has 0 unspecified atom stereocenters. The van der Waals surface area contributed by atoms with Gasteiger partial charge in [-0.25, -0.2) is 4.79 Å². The summed E-state index contributed by atoms with van der Waals surface area (Å²) in [5, 5.41) is 3.01. The second-order valence-corrected chi connectivity index (χ2v) is 9.66. The highest BCUT2D eigenvalue weighted by atomic mass is 16.7. The fourth-order valence-electron chi connectivity index (χ4n) is 4.32. The number of amides is 3. The number of anilines is 1. The lowest BCUT2D eigenvalue weighted by Crippen LogP contribution is -2.45. The van der Waals surface area contributed by atoms with Crippen LogP contribution < -0.4 is 14.8 Å². The van der Waals surface area contributed by atoms with E-state index >= 15 is 0 Å². The predicted octanol–water partition coefficient (Wildman–Crippen LogP) is 5.60. The second kappa shape index (κ2) is 11.9. The summed E-state index contributed by atoms with van der Waals surface area (Å²) < 4.78 is 16.7. The molecule has 4 rings (SSSR count). The van der Waals surface area contributed by atoms with Gasteiger partial charge in [-0.1, -0.05) is 45.0 Å². The van der Waals surface area contributed by atoms with Crippen molar-refractivity contribution in [1.82, 2.24) is 9.80 Å². The molecule has 1 aliphatic rings. The van der Waals surface area contributed by atoms with Crippen LogP contribution in [0.1, 0.15) is 43.4 Å². The van der Waals surface area contributed by atoms with Crippen molar-refractivity contribution in [2.45, 2.75) is 47.2 Å². The number of ether oxygens (including phenoxy) is 2. The first-order chi connectivity index (χ1) is 17.8. The number of hydrogen-bond donors (Lipinski definition) is 1. The molecule has 0 saturated heterocycles. The molecular weight excluding hydrogens is 470 g/mol. The van der Waals surface area contributed by atoms with Crippen molar-refractivity contribution in [1.29, 1.82) is 0 Å². The maximum atomic E-state index is 13.7. The summed E-state index contributed by atoms with van der Waals surface area (Å²) in [7, 11) is 0. The van der Waals surface area contributed by atoms with E-state index in [0.717, 1.165) is 29.0 Å². The van der Waals surface area contributed by atoms with E-state index in [-0.39, 0.29) is 37.7 Å². The molecule has 1 aliphatic heterocycles. The van der Waals surface area contributed by atoms with Gasteiger partial charge in [-0.05, 0) is 60.7 Å². The third-order valence-electron chi connectivity index (χ3n) is 6.14. The summed E-state index contributed by atoms with van der Waals surface area (Å²) in [6.07, 6.45) is 0.797. The number of furan rings is 1. The van der Waals surface area contributed by atoms with Crippen molar-refractivity contribution in [2.24, 2.45) is 5.92 Å². The van der Waals surface area contributed by atoms with E-state index in [4.69, 9.17) is 13.9 Å². The maximum absolute atomic E-state index is 13.7. The number of carbonyl (C=O) groups excluding carboxylic acids is 2. The maximum Gasteiger partial charge on any atom is 0.322 e. The van der Waals surface area contributed by atoms with Crippen molar-refractivity contribution in [3.05, 3.63) is 77.2 Å². The largest absolute Gasteiger partial charge is 0.464 e. The van der Waals surface area contributed by atoms with Gasteiger partial charge in [0.15, 0.2) is 11.5 Å². The van der Waals surface area contributed by atoms with Gasteiger partial charge in [-0.15, -0.1) is 0 Å². The summed E-state index contributed by atoms with van der Waals surface area (Å²) in [5.74, 6) is 2.83. The molecule has 8 nitrogen and oxygen atoms in total. The van der Waals surface area contributed by atoms with E-state index in [1.165, 1.54) is 0 Å². The molecule has 0 saturated carbocycles. The third-order valence-corrected chi connectivity index (χ3v) is 6.14. The van der Waals surface area contributed by atoms with Gasteiger partial charge in [0.2, 0.25) is 12.7 Å². The molecule has 8 heteroatoms. The van der Waals surface area contributed by atoms with Crippen LogP contribution in [-0.2, 0) is 24.3 Å². The zero-order valence-electron chi connectivity index (χ0n) is 22.0. The quantitative estimate of drug-likeness (QED) is 0.388. The Morgan fingerprint density at radius 2 is 1.76 bits per heavy atom. The Balaban J connectivity index is 1.53. The Morgan fingerprint density at radius 1 is 0.973 bits per heavy atom. The lowest BCUT2D eigenvalue weighted by atomic mass is 10.1. The van der Waals surface area contributed by atoms with Crippen molar-refractivity contribution >= 4 is 17.6 Å². The second-order valence-electron chi connectivity index (χ2n) is 9.66. The predicted molar refractivity (Wildman–Crippen MR) is 142 cm³/mol. The van der Waals surface area contributed by atoms with Gasteiger partial charge in [0.1, 0.15) is 18.1 Å². The SMILES string of the molecule is CCc1ccccc1NC(=O)N(CC(=O)N(Cc1ccc2c(c1)OCO2)Cc1ccc(C)o1)CC(C)C. The molecule has 1 aromatic heterocycles. The van der Waals surface area contributed by atoms with Crippen LogP contribution in [0, 0.1) is 12.8 Å². The summed E-state index contributed by atoms with van der Waals surface area (Å²) in [5.41, 5.74) is 2.71. The fourth-order valence-corrected chi connectivity index (χ4v) is 4.32. The molecule has 0 atom stereocenters. The number of carbonyl (C=O) groups is 2. The van der Waals surface area contributed by atoms with E-state index in [0.29, 0.717) is 30.3 Å². The Bertz CT molecular complexity index is 1240. The topological polar surface area (TPSA) is 84.3 Å². The fraction of sp³-hybridized carbons (Fsp3) is 0.379. The number of benzene rings is 2. The van der Waals surface area contributed by atoms with Gasteiger partial charge in [0.25, 0.3) is 0 Å². The molecule has 0 bridgehead atoms. The zero-order valence-corrected chi connectivity index (χ0v) is 22.0. The van der Waals surface area contributed by atoms with E-state index in [1.54, 1.807) is 9.80 Å². The van der Waals surface area contributed by atoms with Crippen molar-refractivity contribution in [3.63, 3.8) is 0 Å². The highest BCUT2D eigenvalue weighted by Crippen LogP contribution is 2.33. The molecule has 1 N–H and O–H groups in total. The lowest BCUT2D eigenvalue weighted by molar-refractivity contribution is -0.133. The number of fused-ring (bicyclic) bond motifs is 1. The Kier molecular flexibility index (Phi) is 8.38. The molecule has 3 amide bonds. The normalized spacial score (nSPS) is 12.0. The molecule has 3 aromatic rings. The molecule has 37 heavy (non-hydrogen) atoms. The third kappa shape index (κ3) is 6.84. The first kappa shape index (κ1) is 26.1. The molecule has 0 aliphatic carbocycles. The summed E-state index contributed by atoms with van der Waals surface area (Å²) in [6, 6.07) is 16.8. The summed E-state index contributed by atoms with van der Waals surface area (Å²) in [4.78, 5) is 30.3. The molecule has 0 fully saturated rings. The lowest BCUT2D eigenvalue weighted by Gasteiger charge is -2.29. The minimum Gasteiger partial charge on any atom is -0.464 e. The van der Waals surface area contributed by atoms with Crippen LogP contribution in [0.25, 0.3) is 0 Å². The average molecular weight is 506 g/mol. The van der Waals surface area contributed by atoms with Crippen LogP contribution in [0.3, 0.4) is 0 Å². The molecule has 0 spiro atoms. The van der Waals surface area contributed by atoms with Crippen LogP contribution >= 0.6 is 0 Å². The van der Waals surface area contributed by atoms with E-state index in [1.807, 2.05) is 82.3 Å². The van der Waals surface area contributed by atoms with Gasteiger partial charge < -0.3 is 29.0 Å². The van der Waals surface area contributed by atoms with Crippen LogP contribution in [-0.4, -0.2) is 41.6 Å². The first-order valence-electron chi connectivity index (χ1n) is 12.7. The zero-order chi connectivity index (χ0) is 26.4. The number of aryl methyl sites for hydroxylation is 2. The van der Waals surface area contributed by atoms with Gasteiger partial charge in [-0.2, -0.15) is 0 Å². The highest BCUT2D eigenvalue weighted by Gasteiger charge is 2.24. The van der Waals surface area contributed by atoms with Gasteiger partial charge in [-0.3, -0.25) is 4.79 Å². The first-order valence-corrected chi connectivity index (χ1v) is 12.7. The molecular formula is C29H35N3O5. The number of nitrogens with one attached hydrogen (secondary N) is 1. The number of para-hydroxylation sites is 1. The van der Waals surface area contributed by atoms with Crippen molar-refractivity contribution in [2.75, 3.05) is 25.2 Å². The Labute approximate surface area is 218 Å². The number of hydrogen-bond acceptors (Lipinski definition) is 5. The molecule has 196 valence electrons. The van der Waals surface area contributed by atoms with Crippen LogP contribution in [0.4, 0.5) is 10.5 Å². The molecule has 2 aromatic carbocycles. The van der Waals surface area contributed by atoms with Gasteiger partial charge in [0.05, 0.1) is 6.54 Å². The monoisotopic (exact) mass is 505 g/mol. The summed E-state index contributed by atoms with van der Waals surface area (Å²) in [6.45, 7) is 9.18. The van der Waals surface area contributed by atoms with E-state index in [9.17, 15) is 9.59 Å². The Hall–Kier alpha value is -3.94. The average Bonchev–Trinajstić information content (AvgIpc) is 3.51. The highest BCUT2D eigenvalue weighted by molar-refractivity contribution is 5.93. The van der Waals surface area contributed by atoms with Crippen LogP contribution in [0.2, 0.25) is 0 Å². The van der Waals surface area contributed by atoms with Crippen LogP contribution in [0.15, 0.2) is 59.0 Å².